The van der Waals surface area contributed by atoms with Gasteiger partial charge >= 0.3 is 0 Å². The molecule has 0 aliphatic carbocycles. The van der Waals surface area contributed by atoms with E-state index >= 15 is 0 Å². The number of amides is 1. The Hall–Kier alpha value is -2.46. The van der Waals surface area contributed by atoms with E-state index in [0.717, 1.165) is 5.56 Å². The van der Waals surface area contributed by atoms with E-state index in [1.54, 1.807) is 18.2 Å². The molecule has 1 N–H and O–H groups in total. The maximum atomic E-state index is 13.3. The summed E-state index contributed by atoms with van der Waals surface area (Å²) in [6.45, 7) is 0.278. The van der Waals surface area contributed by atoms with E-state index in [9.17, 15) is 9.18 Å². The molecule has 0 aliphatic heterocycles. The average molecular weight is 271 g/mol. The summed E-state index contributed by atoms with van der Waals surface area (Å²) < 4.78 is 13.3. The van der Waals surface area contributed by atoms with Gasteiger partial charge in [-0.3, -0.25) is 9.63 Å². The molecule has 0 radical (unpaired) electrons. The third-order valence-electron chi connectivity index (χ3n) is 2.57. The normalized spacial score (nSPS) is 10.7. The minimum atomic E-state index is -0.441. The minimum absolute atomic E-state index is 0.278. The second-order valence-corrected chi connectivity index (χ2v) is 4.10. The third-order valence-corrected chi connectivity index (χ3v) is 2.57. The molecule has 0 heterocycles. The van der Waals surface area contributed by atoms with Crippen molar-refractivity contribution >= 4 is 12.0 Å². The number of hydroxylamine groups is 1. The standard InChI is InChI=1S/C16H14FNO2/c17-15-9-5-4-8-14(15)10-11-16(19)18-20-12-13-6-2-1-3-7-13/h1-11H,12H2,(H,18,19). The summed E-state index contributed by atoms with van der Waals surface area (Å²) in [7, 11) is 0. The van der Waals surface area contributed by atoms with Crippen LogP contribution >= 0.6 is 0 Å². The van der Waals surface area contributed by atoms with Crippen molar-refractivity contribution in [2.24, 2.45) is 0 Å². The van der Waals surface area contributed by atoms with Gasteiger partial charge in [0.2, 0.25) is 0 Å². The van der Waals surface area contributed by atoms with Crippen LogP contribution in [-0.2, 0) is 16.2 Å². The van der Waals surface area contributed by atoms with Crippen LogP contribution in [0.5, 0.6) is 0 Å². The van der Waals surface area contributed by atoms with Gasteiger partial charge in [0.05, 0.1) is 6.61 Å². The number of nitrogens with one attached hydrogen (secondary N) is 1. The zero-order chi connectivity index (χ0) is 14.2. The smallest absolute Gasteiger partial charge is 0.267 e. The van der Waals surface area contributed by atoms with E-state index in [2.05, 4.69) is 5.48 Å². The predicted octanol–water partition coefficient (Wildman–Crippen LogP) is 3.09. The molecule has 102 valence electrons. The monoisotopic (exact) mass is 271 g/mol. The van der Waals surface area contributed by atoms with E-state index in [-0.39, 0.29) is 12.4 Å². The van der Waals surface area contributed by atoms with E-state index in [1.165, 1.54) is 18.2 Å². The molecule has 0 atom stereocenters. The lowest BCUT2D eigenvalue weighted by atomic mass is 10.2. The second-order valence-electron chi connectivity index (χ2n) is 4.10. The summed E-state index contributed by atoms with van der Waals surface area (Å²) in [5.74, 6) is -0.814. The molecule has 4 heteroatoms. The first-order chi connectivity index (χ1) is 9.75. The molecule has 1 amide bonds. The maximum Gasteiger partial charge on any atom is 0.267 e. The molecular formula is C16H14FNO2. The number of rotatable bonds is 5. The number of carbonyl (C=O) groups excluding carboxylic acids is 1. The van der Waals surface area contributed by atoms with Crippen LogP contribution in [0, 0.1) is 5.82 Å². The van der Waals surface area contributed by atoms with E-state index < -0.39 is 5.91 Å². The molecule has 2 aromatic carbocycles. The molecule has 0 fully saturated rings. The molecule has 0 unspecified atom stereocenters. The van der Waals surface area contributed by atoms with Crippen LogP contribution in [0.4, 0.5) is 4.39 Å². The fourth-order valence-electron chi connectivity index (χ4n) is 1.57. The minimum Gasteiger partial charge on any atom is -0.269 e. The Balaban J connectivity index is 1.80. The van der Waals surface area contributed by atoms with Gasteiger partial charge in [-0.15, -0.1) is 0 Å². The van der Waals surface area contributed by atoms with Crippen molar-refractivity contribution in [3.05, 3.63) is 77.6 Å². The summed E-state index contributed by atoms with van der Waals surface area (Å²) in [4.78, 5) is 16.5. The highest BCUT2D eigenvalue weighted by molar-refractivity contribution is 5.90. The Morgan fingerprint density at radius 1 is 1.10 bits per heavy atom. The second kappa shape index (κ2) is 7.21. The Bertz CT molecular complexity index is 596. The molecule has 3 nitrogen and oxygen atoms in total. The molecule has 0 bridgehead atoms. The number of carbonyl (C=O) groups is 1. The molecule has 0 aromatic heterocycles. The van der Waals surface area contributed by atoms with Gasteiger partial charge in [0, 0.05) is 11.6 Å². The zero-order valence-corrected chi connectivity index (χ0v) is 10.8. The van der Waals surface area contributed by atoms with Gasteiger partial charge in [-0.1, -0.05) is 48.5 Å². The summed E-state index contributed by atoms with van der Waals surface area (Å²) >= 11 is 0. The molecule has 20 heavy (non-hydrogen) atoms. The quantitative estimate of drug-likeness (QED) is 0.670. The topological polar surface area (TPSA) is 38.3 Å². The van der Waals surface area contributed by atoms with Crippen LogP contribution in [0.3, 0.4) is 0 Å². The van der Waals surface area contributed by atoms with Crippen molar-refractivity contribution in [3.63, 3.8) is 0 Å². The number of halogens is 1. The lowest BCUT2D eigenvalue weighted by molar-refractivity contribution is -0.129. The highest BCUT2D eigenvalue weighted by Gasteiger charge is 1.99. The summed E-state index contributed by atoms with van der Waals surface area (Å²) in [6.07, 6.45) is 2.62. The Kier molecular flexibility index (Phi) is 5.03. The van der Waals surface area contributed by atoms with Crippen LogP contribution in [0.2, 0.25) is 0 Å². The van der Waals surface area contributed by atoms with Crippen LogP contribution in [0.15, 0.2) is 60.7 Å². The number of benzene rings is 2. The van der Waals surface area contributed by atoms with Crippen molar-refractivity contribution in [1.82, 2.24) is 5.48 Å². The highest BCUT2D eigenvalue weighted by atomic mass is 19.1. The SMILES string of the molecule is O=C(C=Cc1ccccc1F)NOCc1ccccc1. The van der Waals surface area contributed by atoms with Crippen molar-refractivity contribution < 1.29 is 14.0 Å². The fraction of sp³-hybridized carbons (Fsp3) is 0.0625. The lowest BCUT2D eigenvalue weighted by Gasteiger charge is -2.03. The van der Waals surface area contributed by atoms with Crippen LogP contribution in [-0.4, -0.2) is 5.91 Å². The van der Waals surface area contributed by atoms with Crippen LogP contribution in [0.25, 0.3) is 6.08 Å². The Morgan fingerprint density at radius 2 is 1.80 bits per heavy atom. The summed E-state index contributed by atoms with van der Waals surface area (Å²) in [5, 5.41) is 0. The number of hydrogen-bond acceptors (Lipinski definition) is 2. The molecule has 2 rings (SSSR count). The van der Waals surface area contributed by atoms with Gasteiger partial charge in [-0.05, 0) is 17.7 Å². The Labute approximate surface area is 116 Å². The van der Waals surface area contributed by atoms with E-state index in [1.807, 2.05) is 30.3 Å². The van der Waals surface area contributed by atoms with Crippen molar-refractivity contribution in [1.29, 1.82) is 0 Å². The van der Waals surface area contributed by atoms with Gasteiger partial charge in [0.25, 0.3) is 5.91 Å². The lowest BCUT2D eigenvalue weighted by Crippen LogP contribution is -2.21. The van der Waals surface area contributed by atoms with Gasteiger partial charge in [-0.2, -0.15) is 0 Å². The first-order valence-electron chi connectivity index (χ1n) is 6.14. The van der Waals surface area contributed by atoms with Gasteiger partial charge in [-0.25, -0.2) is 9.87 Å². The van der Waals surface area contributed by atoms with Crippen LogP contribution < -0.4 is 5.48 Å². The molecule has 2 aromatic rings. The molecule has 0 aliphatic rings. The first kappa shape index (κ1) is 14.0. The summed E-state index contributed by atoms with van der Waals surface area (Å²) in [6, 6.07) is 15.7. The third kappa shape index (κ3) is 4.33. The van der Waals surface area contributed by atoms with Crippen molar-refractivity contribution in [3.8, 4) is 0 Å². The van der Waals surface area contributed by atoms with Crippen molar-refractivity contribution in [2.75, 3.05) is 0 Å². The molecule has 0 saturated carbocycles. The summed E-state index contributed by atoms with van der Waals surface area (Å²) in [5.41, 5.74) is 3.58. The largest absolute Gasteiger partial charge is 0.269 e. The van der Waals surface area contributed by atoms with E-state index in [4.69, 9.17) is 4.84 Å². The van der Waals surface area contributed by atoms with Gasteiger partial charge in [0.1, 0.15) is 5.82 Å². The Morgan fingerprint density at radius 3 is 2.55 bits per heavy atom. The van der Waals surface area contributed by atoms with Gasteiger partial charge in [0.15, 0.2) is 0 Å². The predicted molar refractivity (Wildman–Crippen MR) is 74.8 cm³/mol. The average Bonchev–Trinajstić information content (AvgIpc) is 2.47. The first-order valence-corrected chi connectivity index (χ1v) is 6.14. The zero-order valence-electron chi connectivity index (χ0n) is 10.8. The highest BCUT2D eigenvalue weighted by Crippen LogP contribution is 2.07. The number of hydrogen-bond donors (Lipinski definition) is 1. The van der Waals surface area contributed by atoms with Gasteiger partial charge < -0.3 is 0 Å². The maximum absolute atomic E-state index is 13.3. The van der Waals surface area contributed by atoms with Crippen molar-refractivity contribution in [2.45, 2.75) is 6.61 Å². The molecule has 0 spiro atoms. The fourth-order valence-corrected chi connectivity index (χ4v) is 1.57. The van der Waals surface area contributed by atoms with E-state index in [0.29, 0.717) is 5.56 Å². The molecular weight excluding hydrogens is 257 g/mol. The van der Waals surface area contributed by atoms with Crippen LogP contribution in [0.1, 0.15) is 11.1 Å². The molecule has 0 saturated heterocycles.